The molecule has 0 rings (SSSR count). The molecule has 5 nitrogen and oxygen atoms in total. The number of nitrogens with zero attached hydrogens (tertiary/aromatic N) is 2. The summed E-state index contributed by atoms with van der Waals surface area (Å²) in [6.07, 6.45) is 1.26. The molecule has 0 aromatic heterocycles. The zero-order chi connectivity index (χ0) is 13.4. The molecule has 0 radical (unpaired) electrons. The van der Waals surface area contributed by atoms with Crippen LogP contribution >= 0.6 is 0 Å². The maximum absolute atomic E-state index is 12.0. The van der Waals surface area contributed by atoms with Crippen molar-refractivity contribution in [3.63, 3.8) is 0 Å². The lowest BCUT2D eigenvalue weighted by Gasteiger charge is -2.24. The molecule has 17 heavy (non-hydrogen) atoms. The van der Waals surface area contributed by atoms with Gasteiger partial charge < -0.3 is 15.5 Å². The Kier molecular flexibility index (Phi) is 7.54. The normalized spacial score (nSPS) is 12.1. The highest BCUT2D eigenvalue weighted by molar-refractivity contribution is 5.84. The molecule has 1 atom stereocenters. The monoisotopic (exact) mass is 243 g/mol. The van der Waals surface area contributed by atoms with Gasteiger partial charge in [0, 0.05) is 27.1 Å². The van der Waals surface area contributed by atoms with Crippen molar-refractivity contribution in [3.05, 3.63) is 0 Å². The van der Waals surface area contributed by atoms with Crippen molar-refractivity contribution in [2.75, 3.05) is 33.7 Å². The Labute approximate surface area is 104 Å². The van der Waals surface area contributed by atoms with Crippen LogP contribution in [0.3, 0.4) is 0 Å². The fraction of sp³-hybridized carbons (Fsp3) is 0.833. The molecule has 0 saturated heterocycles. The highest BCUT2D eigenvalue weighted by Gasteiger charge is 2.18. The molecule has 100 valence electrons. The van der Waals surface area contributed by atoms with Crippen LogP contribution in [-0.4, -0.2) is 55.3 Å². The van der Waals surface area contributed by atoms with Gasteiger partial charge in [-0.25, -0.2) is 0 Å². The minimum absolute atomic E-state index is 0.0139. The largest absolute Gasteiger partial charge is 0.347 e. The number of carbonyl (C=O) groups is 2. The Balaban J connectivity index is 4.40. The minimum Gasteiger partial charge on any atom is -0.347 e. The molecule has 0 aliphatic heterocycles. The van der Waals surface area contributed by atoms with Gasteiger partial charge in [-0.2, -0.15) is 0 Å². The van der Waals surface area contributed by atoms with E-state index < -0.39 is 0 Å². The third-order valence-corrected chi connectivity index (χ3v) is 2.60. The predicted octanol–water partition coefficient (Wildman–Crippen LogP) is 0.298. The molecule has 0 saturated carbocycles. The SMILES string of the molecule is CCCN(CC(=O)N(C)C)C(=O)CC(C)CN. The van der Waals surface area contributed by atoms with E-state index >= 15 is 0 Å². The second-order valence-electron chi connectivity index (χ2n) is 4.65. The van der Waals surface area contributed by atoms with Crippen LogP contribution in [0.5, 0.6) is 0 Å². The fourth-order valence-electron chi connectivity index (χ4n) is 1.38. The van der Waals surface area contributed by atoms with E-state index in [1.807, 2.05) is 13.8 Å². The van der Waals surface area contributed by atoms with E-state index in [4.69, 9.17) is 5.73 Å². The molecule has 2 amide bonds. The molecule has 0 heterocycles. The van der Waals surface area contributed by atoms with Gasteiger partial charge in [0.1, 0.15) is 0 Å². The second-order valence-corrected chi connectivity index (χ2v) is 4.65. The Morgan fingerprint density at radius 1 is 1.24 bits per heavy atom. The van der Waals surface area contributed by atoms with E-state index in [1.54, 1.807) is 19.0 Å². The van der Waals surface area contributed by atoms with Gasteiger partial charge in [0.05, 0.1) is 6.54 Å². The molecular formula is C12H25N3O2. The zero-order valence-corrected chi connectivity index (χ0v) is 11.4. The van der Waals surface area contributed by atoms with Gasteiger partial charge in [0.25, 0.3) is 0 Å². The van der Waals surface area contributed by atoms with Gasteiger partial charge in [0.15, 0.2) is 0 Å². The first kappa shape index (κ1) is 15.9. The van der Waals surface area contributed by atoms with Crippen molar-refractivity contribution in [2.24, 2.45) is 11.7 Å². The highest BCUT2D eigenvalue weighted by Crippen LogP contribution is 2.05. The quantitative estimate of drug-likeness (QED) is 0.699. The molecule has 0 fully saturated rings. The van der Waals surface area contributed by atoms with Gasteiger partial charge in [-0.3, -0.25) is 9.59 Å². The fourth-order valence-corrected chi connectivity index (χ4v) is 1.38. The van der Waals surface area contributed by atoms with Crippen LogP contribution in [0.2, 0.25) is 0 Å². The summed E-state index contributed by atoms with van der Waals surface area (Å²) in [4.78, 5) is 26.7. The first-order chi connectivity index (χ1) is 7.92. The van der Waals surface area contributed by atoms with E-state index in [9.17, 15) is 9.59 Å². The summed E-state index contributed by atoms with van der Waals surface area (Å²) < 4.78 is 0. The van der Waals surface area contributed by atoms with Crippen LogP contribution in [0, 0.1) is 5.92 Å². The molecular weight excluding hydrogens is 218 g/mol. The Morgan fingerprint density at radius 2 is 1.82 bits per heavy atom. The lowest BCUT2D eigenvalue weighted by atomic mass is 10.1. The van der Waals surface area contributed by atoms with Gasteiger partial charge >= 0.3 is 0 Å². The van der Waals surface area contributed by atoms with Crippen molar-refractivity contribution >= 4 is 11.8 Å². The number of likely N-dealkylation sites (N-methyl/N-ethyl adjacent to an activating group) is 1. The smallest absolute Gasteiger partial charge is 0.241 e. The Morgan fingerprint density at radius 3 is 2.24 bits per heavy atom. The zero-order valence-electron chi connectivity index (χ0n) is 11.4. The summed E-state index contributed by atoms with van der Waals surface area (Å²) in [5.41, 5.74) is 5.50. The van der Waals surface area contributed by atoms with E-state index in [1.165, 1.54) is 4.90 Å². The van der Waals surface area contributed by atoms with Crippen molar-refractivity contribution in [3.8, 4) is 0 Å². The standard InChI is InChI=1S/C12H25N3O2/c1-5-6-15(9-12(17)14(3)4)11(16)7-10(2)8-13/h10H,5-9,13H2,1-4H3. The molecule has 0 aliphatic rings. The molecule has 0 bridgehead atoms. The lowest BCUT2D eigenvalue weighted by Crippen LogP contribution is -2.41. The Hall–Kier alpha value is -1.10. The van der Waals surface area contributed by atoms with Gasteiger partial charge in [-0.1, -0.05) is 13.8 Å². The summed E-state index contributed by atoms with van der Waals surface area (Å²) in [5.74, 6) is 0.128. The maximum atomic E-state index is 12.0. The molecule has 0 aromatic carbocycles. The first-order valence-electron chi connectivity index (χ1n) is 6.10. The summed E-state index contributed by atoms with van der Waals surface area (Å²) in [6.45, 7) is 5.21. The second kappa shape index (κ2) is 8.06. The summed E-state index contributed by atoms with van der Waals surface area (Å²) >= 11 is 0. The van der Waals surface area contributed by atoms with Crippen molar-refractivity contribution < 1.29 is 9.59 Å². The van der Waals surface area contributed by atoms with Crippen molar-refractivity contribution in [1.29, 1.82) is 0 Å². The topological polar surface area (TPSA) is 66.6 Å². The van der Waals surface area contributed by atoms with Crippen LogP contribution in [0.15, 0.2) is 0 Å². The lowest BCUT2D eigenvalue weighted by molar-refractivity contribution is -0.139. The summed E-state index contributed by atoms with van der Waals surface area (Å²) in [7, 11) is 3.39. The molecule has 1 unspecified atom stereocenters. The van der Waals surface area contributed by atoms with Gasteiger partial charge in [0.2, 0.25) is 11.8 Å². The van der Waals surface area contributed by atoms with E-state index in [2.05, 4.69) is 0 Å². The number of hydrogen-bond acceptors (Lipinski definition) is 3. The number of amides is 2. The molecule has 0 aromatic rings. The minimum atomic E-state index is -0.0489. The number of rotatable bonds is 7. The van der Waals surface area contributed by atoms with Crippen LogP contribution in [0.1, 0.15) is 26.7 Å². The highest BCUT2D eigenvalue weighted by atomic mass is 16.2. The van der Waals surface area contributed by atoms with Gasteiger partial charge in [-0.15, -0.1) is 0 Å². The number of hydrogen-bond donors (Lipinski definition) is 1. The van der Waals surface area contributed by atoms with E-state index in [0.29, 0.717) is 19.5 Å². The van der Waals surface area contributed by atoms with Gasteiger partial charge in [-0.05, 0) is 18.9 Å². The molecule has 2 N–H and O–H groups in total. The predicted molar refractivity (Wildman–Crippen MR) is 68.4 cm³/mol. The average Bonchev–Trinajstić information content (AvgIpc) is 2.27. The summed E-state index contributed by atoms with van der Waals surface area (Å²) in [6, 6.07) is 0. The number of nitrogens with two attached hydrogens (primary N) is 1. The van der Waals surface area contributed by atoms with E-state index in [-0.39, 0.29) is 24.3 Å². The molecule has 5 heteroatoms. The van der Waals surface area contributed by atoms with Crippen LogP contribution in [-0.2, 0) is 9.59 Å². The first-order valence-corrected chi connectivity index (χ1v) is 6.10. The van der Waals surface area contributed by atoms with E-state index in [0.717, 1.165) is 6.42 Å². The van der Waals surface area contributed by atoms with Crippen molar-refractivity contribution in [1.82, 2.24) is 9.80 Å². The number of carbonyl (C=O) groups excluding carboxylic acids is 2. The van der Waals surface area contributed by atoms with Crippen LogP contribution in [0.25, 0.3) is 0 Å². The molecule has 0 aliphatic carbocycles. The van der Waals surface area contributed by atoms with Crippen molar-refractivity contribution in [2.45, 2.75) is 26.7 Å². The summed E-state index contributed by atoms with van der Waals surface area (Å²) in [5, 5.41) is 0. The maximum Gasteiger partial charge on any atom is 0.241 e. The third kappa shape index (κ3) is 6.26. The average molecular weight is 243 g/mol. The van der Waals surface area contributed by atoms with Crippen LogP contribution in [0.4, 0.5) is 0 Å². The molecule has 0 spiro atoms. The van der Waals surface area contributed by atoms with Crippen LogP contribution < -0.4 is 5.73 Å². The third-order valence-electron chi connectivity index (χ3n) is 2.60. The Bertz CT molecular complexity index is 254.